The van der Waals surface area contributed by atoms with Gasteiger partial charge in [-0.3, -0.25) is 5.32 Å². The summed E-state index contributed by atoms with van der Waals surface area (Å²) in [6.45, 7) is 0.814. The lowest BCUT2D eigenvalue weighted by Crippen LogP contribution is -2.64. The minimum absolute atomic E-state index is 0.116. The van der Waals surface area contributed by atoms with Crippen molar-refractivity contribution < 1.29 is 9.53 Å². The normalized spacial score (nSPS) is 21.4. The molecule has 1 aromatic carbocycles. The second kappa shape index (κ2) is 5.49. The number of ether oxygens (including phenoxy) is 1. The van der Waals surface area contributed by atoms with Gasteiger partial charge in [0, 0.05) is 12.0 Å². The predicted molar refractivity (Wildman–Crippen MR) is 87.7 cm³/mol. The van der Waals surface area contributed by atoms with Crippen LogP contribution >= 0.6 is 11.3 Å². The van der Waals surface area contributed by atoms with Crippen LogP contribution in [0, 0.1) is 5.41 Å². The number of benzene rings is 1. The van der Waals surface area contributed by atoms with E-state index in [1.54, 1.807) is 0 Å². The number of nitrogens with zero attached hydrogens (tertiary/aromatic N) is 3. The van der Waals surface area contributed by atoms with Gasteiger partial charge in [0.1, 0.15) is 0 Å². The van der Waals surface area contributed by atoms with Gasteiger partial charge in [0.05, 0.1) is 13.2 Å². The number of carbonyl (C=O) groups excluding carboxylic acids is 1. The Kier molecular flexibility index (Phi) is 3.45. The van der Waals surface area contributed by atoms with Crippen molar-refractivity contribution in [2.45, 2.75) is 25.3 Å². The summed E-state index contributed by atoms with van der Waals surface area (Å²) in [5.74, 6) is 0. The van der Waals surface area contributed by atoms with Crippen LogP contribution in [0.2, 0.25) is 0 Å². The third kappa shape index (κ3) is 2.35. The molecule has 1 saturated heterocycles. The van der Waals surface area contributed by atoms with Crippen LogP contribution in [-0.2, 0) is 0 Å². The molecule has 0 radical (unpaired) electrons. The number of urea groups is 1. The van der Waals surface area contributed by atoms with Crippen LogP contribution in [0.5, 0.6) is 5.19 Å². The third-order valence-corrected chi connectivity index (χ3v) is 5.70. The molecule has 2 fully saturated rings. The van der Waals surface area contributed by atoms with Crippen molar-refractivity contribution in [3.05, 3.63) is 35.9 Å². The number of hydrogen-bond donors (Lipinski definition) is 1. The van der Waals surface area contributed by atoms with E-state index >= 15 is 0 Å². The zero-order chi connectivity index (χ0) is 15.9. The van der Waals surface area contributed by atoms with Gasteiger partial charge in [-0.25, -0.2) is 4.79 Å². The highest BCUT2D eigenvalue weighted by Gasteiger charge is 2.58. The van der Waals surface area contributed by atoms with Gasteiger partial charge in [0.25, 0.3) is 5.19 Å². The zero-order valence-corrected chi connectivity index (χ0v) is 13.7. The van der Waals surface area contributed by atoms with Crippen molar-refractivity contribution in [3.63, 3.8) is 0 Å². The third-order valence-electron chi connectivity index (χ3n) is 4.90. The summed E-state index contributed by atoms with van der Waals surface area (Å²) in [7, 11) is 1.54. The van der Waals surface area contributed by atoms with Crippen molar-refractivity contribution >= 4 is 22.5 Å². The lowest BCUT2D eigenvalue weighted by Gasteiger charge is -2.62. The predicted octanol–water partition coefficient (Wildman–Crippen LogP) is 3.31. The van der Waals surface area contributed by atoms with E-state index in [0.29, 0.717) is 10.3 Å². The van der Waals surface area contributed by atoms with Gasteiger partial charge in [0.15, 0.2) is 0 Å². The maximum Gasteiger partial charge on any atom is 0.324 e. The largest absolute Gasteiger partial charge is 0.472 e. The number of likely N-dealkylation sites (tertiary alicyclic amines) is 1. The van der Waals surface area contributed by atoms with Crippen molar-refractivity contribution in [1.29, 1.82) is 0 Å². The maximum absolute atomic E-state index is 12.6. The fourth-order valence-electron chi connectivity index (χ4n) is 3.66. The molecule has 1 aromatic heterocycles. The fourth-order valence-corrected chi connectivity index (χ4v) is 4.21. The highest BCUT2D eigenvalue weighted by Crippen LogP contribution is 2.60. The molecule has 1 N–H and O–H groups in total. The Balaban J connectivity index is 1.52. The second-order valence-corrected chi connectivity index (χ2v) is 7.10. The van der Waals surface area contributed by atoms with Crippen molar-refractivity contribution in [3.8, 4) is 5.19 Å². The van der Waals surface area contributed by atoms with Crippen LogP contribution in [0.25, 0.3) is 0 Å². The Morgan fingerprint density at radius 1 is 1.35 bits per heavy atom. The van der Waals surface area contributed by atoms with Crippen LogP contribution in [-0.4, -0.2) is 34.8 Å². The minimum Gasteiger partial charge on any atom is -0.472 e. The van der Waals surface area contributed by atoms with Gasteiger partial charge >= 0.3 is 6.03 Å². The lowest BCUT2D eigenvalue weighted by atomic mass is 9.56. The Labute approximate surface area is 138 Å². The van der Waals surface area contributed by atoms with Crippen LogP contribution in [0.3, 0.4) is 0 Å². The standard InChI is InChI=1S/C16H18N4O2S/c1-22-15-19-18-13(23-15)17-14(21)20-10-16(8-5-9-16)12(20)11-6-3-2-4-7-11/h2-4,6-7,12H,5,8-10H2,1H3,(H,17,18,21). The highest BCUT2D eigenvalue weighted by atomic mass is 32.1. The molecule has 7 heteroatoms. The van der Waals surface area contributed by atoms with E-state index in [4.69, 9.17) is 4.74 Å². The van der Waals surface area contributed by atoms with Crippen molar-refractivity contribution in [1.82, 2.24) is 15.1 Å². The average Bonchev–Trinajstić information content (AvgIpc) is 2.93. The van der Waals surface area contributed by atoms with E-state index in [2.05, 4.69) is 27.6 Å². The number of hydrogen-bond acceptors (Lipinski definition) is 5. The first-order chi connectivity index (χ1) is 11.2. The molecule has 0 bridgehead atoms. The molecule has 120 valence electrons. The van der Waals surface area contributed by atoms with E-state index < -0.39 is 0 Å². The summed E-state index contributed by atoms with van der Waals surface area (Å²) in [6, 6.07) is 10.3. The Hall–Kier alpha value is -2.15. The molecular formula is C16H18N4O2S. The average molecular weight is 330 g/mol. The summed E-state index contributed by atoms with van der Waals surface area (Å²) in [5.41, 5.74) is 1.49. The summed E-state index contributed by atoms with van der Waals surface area (Å²) in [6.07, 6.45) is 3.65. The molecular weight excluding hydrogens is 312 g/mol. The molecule has 2 aromatic rings. The van der Waals surface area contributed by atoms with Crippen LogP contribution < -0.4 is 10.1 Å². The summed E-state index contributed by atoms with van der Waals surface area (Å²) in [4.78, 5) is 14.5. The molecule has 2 heterocycles. The summed E-state index contributed by atoms with van der Waals surface area (Å²) < 4.78 is 5.01. The SMILES string of the molecule is COc1nnc(NC(=O)N2CC3(CCC3)C2c2ccccc2)s1. The van der Waals surface area contributed by atoms with Gasteiger partial charge in [0.2, 0.25) is 5.13 Å². The van der Waals surface area contributed by atoms with E-state index in [9.17, 15) is 4.79 Å². The minimum atomic E-state index is -0.116. The number of aromatic nitrogens is 2. The Morgan fingerprint density at radius 2 is 2.13 bits per heavy atom. The molecule has 4 rings (SSSR count). The molecule has 1 spiro atoms. The number of amides is 2. The van der Waals surface area contributed by atoms with E-state index in [-0.39, 0.29) is 17.5 Å². The van der Waals surface area contributed by atoms with Crippen molar-refractivity contribution in [2.24, 2.45) is 5.41 Å². The Morgan fingerprint density at radius 3 is 2.74 bits per heavy atom. The smallest absolute Gasteiger partial charge is 0.324 e. The first kappa shape index (κ1) is 14.4. The number of nitrogens with one attached hydrogen (secondary N) is 1. The number of carbonyl (C=O) groups is 1. The van der Waals surface area contributed by atoms with E-state index in [1.807, 2.05) is 23.1 Å². The van der Waals surface area contributed by atoms with Crippen molar-refractivity contribution in [2.75, 3.05) is 19.0 Å². The molecule has 1 aliphatic heterocycles. The first-order valence-electron chi connectivity index (χ1n) is 7.72. The van der Waals surface area contributed by atoms with Crippen LogP contribution in [0.1, 0.15) is 30.9 Å². The zero-order valence-electron chi connectivity index (χ0n) is 12.9. The second-order valence-electron chi connectivity index (χ2n) is 6.16. The van der Waals surface area contributed by atoms with Crippen LogP contribution in [0.4, 0.5) is 9.93 Å². The van der Waals surface area contributed by atoms with E-state index in [1.165, 1.54) is 43.3 Å². The molecule has 1 atom stereocenters. The summed E-state index contributed by atoms with van der Waals surface area (Å²) >= 11 is 1.23. The monoisotopic (exact) mass is 330 g/mol. The molecule has 23 heavy (non-hydrogen) atoms. The lowest BCUT2D eigenvalue weighted by molar-refractivity contribution is -0.0970. The molecule has 1 unspecified atom stereocenters. The van der Waals surface area contributed by atoms with Gasteiger partial charge in [-0.1, -0.05) is 41.9 Å². The molecule has 2 aliphatic rings. The first-order valence-corrected chi connectivity index (χ1v) is 8.54. The van der Waals surface area contributed by atoms with E-state index in [0.717, 1.165) is 6.54 Å². The van der Waals surface area contributed by atoms with Gasteiger partial charge in [-0.15, -0.1) is 5.10 Å². The summed E-state index contributed by atoms with van der Waals surface area (Å²) in [5, 5.41) is 11.5. The molecule has 1 aliphatic carbocycles. The highest BCUT2D eigenvalue weighted by molar-refractivity contribution is 7.17. The maximum atomic E-state index is 12.6. The molecule has 6 nitrogen and oxygen atoms in total. The Bertz CT molecular complexity index is 714. The molecule has 2 amide bonds. The van der Waals surface area contributed by atoms with Crippen LogP contribution in [0.15, 0.2) is 30.3 Å². The quantitative estimate of drug-likeness (QED) is 0.937. The topological polar surface area (TPSA) is 67.4 Å². The van der Waals surface area contributed by atoms with Gasteiger partial charge in [-0.05, 0) is 29.7 Å². The van der Waals surface area contributed by atoms with Gasteiger partial charge in [-0.2, -0.15) is 0 Å². The fraction of sp³-hybridized carbons (Fsp3) is 0.438. The number of anilines is 1. The molecule has 1 saturated carbocycles. The number of methoxy groups -OCH3 is 1. The number of rotatable bonds is 3. The van der Waals surface area contributed by atoms with Gasteiger partial charge < -0.3 is 9.64 Å².